The second-order valence-electron chi connectivity index (χ2n) is 9.48. The van der Waals surface area contributed by atoms with E-state index >= 15 is 0 Å². The van der Waals surface area contributed by atoms with Crippen molar-refractivity contribution in [3.8, 4) is 0 Å². The van der Waals surface area contributed by atoms with Crippen molar-refractivity contribution in [2.75, 3.05) is 11.1 Å². The lowest BCUT2D eigenvalue weighted by atomic mass is 10.0. The van der Waals surface area contributed by atoms with Crippen LogP contribution in [-0.4, -0.2) is 62.6 Å². The van der Waals surface area contributed by atoms with Crippen LogP contribution < -0.4 is 20.3 Å². The standard InChI is InChI=1S/C27H20ClF3N6O6S2/c28-16-6-4-14(5-7-16)11-43-35-18(17-13-45-26(32-17)34-25(42)27(29,30)31)21(38)33-19-22(39)37-20(24(40)41)15(12-44-23(19)37)10-36-8-2-1-3-9-36/h1-9,13,19,23H,10-12H2,(H2-,32,33,34,38,40,41,42)/t19?,23-/m0/s1. The molecule has 2 N–H and O–H groups in total. The van der Waals surface area contributed by atoms with E-state index in [-0.39, 0.29) is 30.3 Å². The van der Waals surface area contributed by atoms with Crippen molar-refractivity contribution in [3.63, 3.8) is 0 Å². The van der Waals surface area contributed by atoms with Gasteiger partial charge in [0.25, 0.3) is 11.8 Å². The number of amides is 3. The summed E-state index contributed by atoms with van der Waals surface area (Å²) in [5.74, 6) is -5.27. The number of aromatic nitrogens is 2. The maximum atomic E-state index is 13.4. The van der Waals surface area contributed by atoms with Gasteiger partial charge in [-0.1, -0.05) is 35.0 Å². The molecule has 0 saturated carbocycles. The number of carboxylic acid groups (broad SMARTS) is 1. The number of halogens is 4. The van der Waals surface area contributed by atoms with E-state index in [0.717, 1.165) is 4.90 Å². The lowest BCUT2D eigenvalue weighted by molar-refractivity contribution is -0.689. The second-order valence-corrected chi connectivity index (χ2v) is 11.9. The third kappa shape index (κ3) is 7.26. The number of hydrogen-bond donors (Lipinski definition) is 2. The highest BCUT2D eigenvalue weighted by Gasteiger charge is 2.53. The number of benzene rings is 1. The van der Waals surface area contributed by atoms with E-state index in [0.29, 0.717) is 27.5 Å². The Kier molecular flexibility index (Phi) is 9.40. The van der Waals surface area contributed by atoms with Crippen molar-refractivity contribution in [1.29, 1.82) is 0 Å². The highest BCUT2D eigenvalue weighted by molar-refractivity contribution is 8.00. The van der Waals surface area contributed by atoms with Gasteiger partial charge in [0.15, 0.2) is 29.8 Å². The summed E-state index contributed by atoms with van der Waals surface area (Å²) in [5.41, 5.74) is 0.0311. The van der Waals surface area contributed by atoms with Gasteiger partial charge >= 0.3 is 12.1 Å². The van der Waals surface area contributed by atoms with Gasteiger partial charge in [-0.15, -0.1) is 23.1 Å². The van der Waals surface area contributed by atoms with Crippen LogP contribution in [-0.2, 0) is 37.2 Å². The van der Waals surface area contributed by atoms with Crippen LogP contribution in [0.15, 0.2) is 76.7 Å². The Balaban J connectivity index is 1.35. The summed E-state index contributed by atoms with van der Waals surface area (Å²) in [6, 6.07) is 10.6. The molecule has 2 aliphatic rings. The molecule has 234 valence electrons. The molecule has 2 aliphatic heterocycles. The Morgan fingerprint density at radius 1 is 1.18 bits per heavy atom. The number of aliphatic carboxylic acids is 1. The molecular formula is C27H20ClF3N6O6S2. The molecule has 0 bridgehead atoms. The number of anilines is 1. The maximum absolute atomic E-state index is 13.4. The Morgan fingerprint density at radius 2 is 1.89 bits per heavy atom. The number of alkyl halides is 3. The van der Waals surface area contributed by atoms with E-state index in [1.807, 2.05) is 0 Å². The van der Waals surface area contributed by atoms with Gasteiger partial charge in [-0.05, 0) is 17.7 Å². The van der Waals surface area contributed by atoms with Gasteiger partial charge in [0.05, 0.1) is 11.7 Å². The van der Waals surface area contributed by atoms with Crippen molar-refractivity contribution in [3.05, 3.63) is 87.8 Å². The number of carbonyl (C=O) groups is 4. The third-order valence-electron chi connectivity index (χ3n) is 6.42. The number of rotatable bonds is 10. The molecule has 1 saturated heterocycles. The molecule has 12 nitrogen and oxygen atoms in total. The third-order valence-corrected chi connectivity index (χ3v) is 8.77. The highest BCUT2D eigenvalue weighted by atomic mass is 35.5. The average molecular weight is 681 g/mol. The number of thioether (sulfide) groups is 1. The molecular weight excluding hydrogens is 661 g/mol. The van der Waals surface area contributed by atoms with Crippen molar-refractivity contribution in [2.24, 2.45) is 5.16 Å². The van der Waals surface area contributed by atoms with E-state index < -0.39 is 52.1 Å². The van der Waals surface area contributed by atoms with E-state index in [1.165, 1.54) is 17.1 Å². The van der Waals surface area contributed by atoms with Gasteiger partial charge in [0.1, 0.15) is 23.7 Å². The number of nitrogens with zero attached hydrogens (tertiary/aromatic N) is 4. The second kappa shape index (κ2) is 13.3. The molecule has 3 amide bonds. The Hall–Kier alpha value is -4.48. The van der Waals surface area contributed by atoms with Crippen LogP contribution in [0.4, 0.5) is 18.3 Å². The number of carbonyl (C=O) groups excluding carboxylic acids is 4. The molecule has 0 aliphatic carbocycles. The largest absolute Gasteiger partial charge is 0.543 e. The quantitative estimate of drug-likeness (QED) is 0.142. The molecule has 1 unspecified atom stereocenters. The van der Waals surface area contributed by atoms with Crippen molar-refractivity contribution < 1.29 is 46.9 Å². The van der Waals surface area contributed by atoms with Crippen LogP contribution in [0, 0.1) is 0 Å². The van der Waals surface area contributed by atoms with Crippen LogP contribution in [0.25, 0.3) is 0 Å². The molecule has 1 aromatic carbocycles. The number of hydrogen-bond acceptors (Lipinski definition) is 10. The monoisotopic (exact) mass is 680 g/mol. The van der Waals surface area contributed by atoms with Crippen LogP contribution in [0.3, 0.4) is 0 Å². The highest BCUT2D eigenvalue weighted by Crippen LogP contribution is 2.40. The predicted molar refractivity (Wildman–Crippen MR) is 153 cm³/mol. The first-order valence-electron chi connectivity index (χ1n) is 12.8. The minimum Gasteiger partial charge on any atom is -0.543 e. The topological polar surface area (TPSA) is 157 Å². The summed E-state index contributed by atoms with van der Waals surface area (Å²) in [6.45, 7) is 0.0653. The summed E-state index contributed by atoms with van der Waals surface area (Å²) in [7, 11) is 0. The minimum atomic E-state index is -5.17. The summed E-state index contributed by atoms with van der Waals surface area (Å²) in [4.78, 5) is 60.2. The van der Waals surface area contributed by atoms with Gasteiger partial charge in [0, 0.05) is 33.9 Å². The molecule has 0 spiro atoms. The summed E-state index contributed by atoms with van der Waals surface area (Å²) < 4.78 is 39.9. The van der Waals surface area contributed by atoms with Crippen LogP contribution in [0.5, 0.6) is 0 Å². The summed E-state index contributed by atoms with van der Waals surface area (Å²) in [6.07, 6.45) is -1.69. The number of oxime groups is 1. The lowest BCUT2D eigenvalue weighted by Gasteiger charge is -2.50. The smallest absolute Gasteiger partial charge is 0.471 e. The fraction of sp³-hybridized carbons (Fsp3) is 0.222. The van der Waals surface area contributed by atoms with E-state index in [1.54, 1.807) is 64.7 Å². The number of pyridine rings is 1. The van der Waals surface area contributed by atoms with Gasteiger partial charge in [-0.3, -0.25) is 24.6 Å². The Morgan fingerprint density at radius 3 is 2.56 bits per heavy atom. The Bertz CT molecular complexity index is 1700. The molecule has 4 heterocycles. The van der Waals surface area contributed by atoms with Crippen molar-refractivity contribution >= 4 is 69.2 Å². The van der Waals surface area contributed by atoms with Gasteiger partial charge in [0.2, 0.25) is 0 Å². The summed E-state index contributed by atoms with van der Waals surface area (Å²) >= 11 is 7.71. The number of carboxylic acids is 1. The first kappa shape index (κ1) is 31.9. The van der Waals surface area contributed by atoms with Crippen LogP contribution >= 0.6 is 34.7 Å². The minimum absolute atomic E-state index is 0.133. The normalized spacial score (nSPS) is 18.2. The zero-order valence-corrected chi connectivity index (χ0v) is 25.0. The average Bonchev–Trinajstić information content (AvgIpc) is 3.46. The lowest BCUT2D eigenvalue weighted by Crippen LogP contribution is -2.71. The zero-order valence-electron chi connectivity index (χ0n) is 22.6. The van der Waals surface area contributed by atoms with Crippen LogP contribution in [0.2, 0.25) is 5.02 Å². The van der Waals surface area contributed by atoms with Gasteiger partial charge < -0.3 is 20.1 Å². The molecule has 2 atom stereocenters. The SMILES string of the molecule is O=C([O-])C1=C(C[n+]2ccccc2)CS[C@H]2C(NC(=O)C(=NOCc3ccc(Cl)cc3)c3csc(NC(=O)C(F)(F)F)n3)C(=O)N12. The molecule has 3 aromatic rings. The van der Waals surface area contributed by atoms with E-state index in [2.05, 4.69) is 15.5 Å². The molecule has 2 aromatic heterocycles. The molecule has 45 heavy (non-hydrogen) atoms. The van der Waals surface area contributed by atoms with E-state index in [4.69, 9.17) is 16.4 Å². The number of β-lactam (4-membered cyclic amide) rings is 1. The summed E-state index contributed by atoms with van der Waals surface area (Å²) in [5, 5.41) is 20.4. The fourth-order valence-electron chi connectivity index (χ4n) is 4.33. The Labute approximate surface area is 265 Å². The van der Waals surface area contributed by atoms with Crippen molar-refractivity contribution in [1.82, 2.24) is 15.2 Å². The van der Waals surface area contributed by atoms with Crippen LogP contribution in [0.1, 0.15) is 11.3 Å². The maximum Gasteiger partial charge on any atom is 0.471 e. The number of nitrogens with one attached hydrogen (secondary N) is 2. The molecule has 18 heteroatoms. The van der Waals surface area contributed by atoms with Gasteiger partial charge in [-0.25, -0.2) is 9.55 Å². The van der Waals surface area contributed by atoms with Gasteiger partial charge in [-0.2, -0.15) is 13.2 Å². The van der Waals surface area contributed by atoms with Crippen molar-refractivity contribution in [2.45, 2.75) is 30.7 Å². The number of thiazole rings is 1. The van der Waals surface area contributed by atoms with E-state index in [9.17, 15) is 37.5 Å². The fourth-order valence-corrected chi connectivity index (χ4v) is 6.48. The first-order valence-corrected chi connectivity index (χ1v) is 15.1. The molecule has 1 fully saturated rings. The number of fused-ring (bicyclic) bond motifs is 1. The predicted octanol–water partition coefficient (Wildman–Crippen LogP) is 1.61. The zero-order chi connectivity index (χ0) is 32.3. The molecule has 0 radical (unpaired) electrons. The molecule has 5 rings (SSSR count). The first-order chi connectivity index (χ1) is 21.4.